The molecule has 4 rings (SSSR count). The molecule has 1 amide bonds. The molecule has 1 aliphatic heterocycles. The summed E-state index contributed by atoms with van der Waals surface area (Å²) in [5, 5.41) is 2.85. The number of para-hydroxylation sites is 2. The Hall–Kier alpha value is -3.32. The predicted octanol–water partition coefficient (Wildman–Crippen LogP) is 4.40. The molecular weight excluding hydrogens is 412 g/mol. The smallest absolute Gasteiger partial charge is 0.268 e. The molecule has 31 heavy (non-hydrogen) atoms. The third-order valence-corrected chi connectivity index (χ3v) is 7.29. The summed E-state index contributed by atoms with van der Waals surface area (Å²) in [6.45, 7) is 2.27. The van der Waals surface area contributed by atoms with Crippen LogP contribution >= 0.6 is 0 Å². The summed E-state index contributed by atoms with van der Waals surface area (Å²) in [6.07, 6.45) is 1.56. The van der Waals surface area contributed by atoms with E-state index in [1.807, 2.05) is 49.4 Å². The Kier molecular flexibility index (Phi) is 5.69. The van der Waals surface area contributed by atoms with Gasteiger partial charge in [-0.2, -0.15) is 0 Å². The fourth-order valence-corrected chi connectivity index (χ4v) is 5.52. The molecule has 7 heteroatoms. The first-order valence-corrected chi connectivity index (χ1v) is 11.5. The summed E-state index contributed by atoms with van der Waals surface area (Å²) in [7, 11) is -2.50. The Bertz CT molecular complexity index is 1240. The monoisotopic (exact) mass is 436 g/mol. The summed E-state index contributed by atoms with van der Waals surface area (Å²) < 4.78 is 34.0. The first-order chi connectivity index (χ1) is 14.9. The highest BCUT2D eigenvalue weighted by molar-refractivity contribution is 7.93. The van der Waals surface area contributed by atoms with Gasteiger partial charge in [-0.05, 0) is 61.2 Å². The number of aryl methyl sites for hydroxylation is 2. The van der Waals surface area contributed by atoms with Crippen LogP contribution in [-0.2, 0) is 16.4 Å². The van der Waals surface area contributed by atoms with Crippen molar-refractivity contribution in [2.45, 2.75) is 24.7 Å². The van der Waals surface area contributed by atoms with Crippen molar-refractivity contribution in [2.75, 3.05) is 23.3 Å². The SMILES string of the molecule is COc1ccc(C(=O)Nc2ccccc2C)cc1S(=O)(=O)N1CCCc2ccccc21. The van der Waals surface area contributed by atoms with E-state index >= 15 is 0 Å². The van der Waals surface area contributed by atoms with E-state index in [-0.39, 0.29) is 22.1 Å². The second kappa shape index (κ2) is 8.43. The first-order valence-electron chi connectivity index (χ1n) is 10.1. The molecule has 0 saturated carbocycles. The van der Waals surface area contributed by atoms with E-state index in [1.165, 1.54) is 23.5 Å². The molecule has 0 aromatic heterocycles. The molecule has 1 N–H and O–H groups in total. The number of nitrogens with one attached hydrogen (secondary N) is 1. The van der Waals surface area contributed by atoms with Crippen LogP contribution < -0.4 is 14.4 Å². The van der Waals surface area contributed by atoms with Gasteiger partial charge in [0.2, 0.25) is 0 Å². The number of ether oxygens (including phenoxy) is 1. The summed E-state index contributed by atoms with van der Waals surface area (Å²) >= 11 is 0. The van der Waals surface area contributed by atoms with E-state index in [1.54, 1.807) is 12.1 Å². The number of rotatable bonds is 5. The Morgan fingerprint density at radius 3 is 2.55 bits per heavy atom. The van der Waals surface area contributed by atoms with Crippen LogP contribution in [0.2, 0.25) is 0 Å². The largest absolute Gasteiger partial charge is 0.495 e. The topological polar surface area (TPSA) is 75.7 Å². The van der Waals surface area contributed by atoms with Gasteiger partial charge >= 0.3 is 0 Å². The third-order valence-electron chi connectivity index (χ3n) is 5.45. The number of nitrogens with zero attached hydrogens (tertiary/aromatic N) is 1. The maximum absolute atomic E-state index is 13.6. The van der Waals surface area contributed by atoms with Crippen molar-refractivity contribution in [3.8, 4) is 5.75 Å². The normalized spacial score (nSPS) is 13.4. The molecular formula is C24H24N2O4S. The van der Waals surface area contributed by atoms with Gasteiger partial charge in [-0.15, -0.1) is 0 Å². The Morgan fingerprint density at radius 2 is 1.77 bits per heavy atom. The molecule has 6 nitrogen and oxygen atoms in total. The number of sulfonamides is 1. The van der Waals surface area contributed by atoms with Crippen LogP contribution in [0.5, 0.6) is 5.75 Å². The second-order valence-corrected chi connectivity index (χ2v) is 9.27. The fraction of sp³-hybridized carbons (Fsp3) is 0.208. The quantitative estimate of drug-likeness (QED) is 0.643. The first kappa shape index (κ1) is 20.9. The van der Waals surface area contributed by atoms with Crippen molar-refractivity contribution in [1.82, 2.24) is 0 Å². The molecule has 1 aliphatic rings. The average molecular weight is 437 g/mol. The van der Waals surface area contributed by atoms with Crippen molar-refractivity contribution < 1.29 is 17.9 Å². The summed E-state index contributed by atoms with van der Waals surface area (Å²) in [6, 6.07) is 19.4. The number of methoxy groups -OCH3 is 1. The van der Waals surface area contributed by atoms with Crippen molar-refractivity contribution >= 4 is 27.3 Å². The van der Waals surface area contributed by atoms with Gasteiger partial charge in [0.15, 0.2) is 0 Å². The Labute approximate surface area is 182 Å². The van der Waals surface area contributed by atoms with Gasteiger partial charge in [-0.25, -0.2) is 8.42 Å². The minimum absolute atomic E-state index is 0.0239. The molecule has 0 fully saturated rings. The molecule has 0 atom stereocenters. The zero-order chi connectivity index (χ0) is 22.0. The maximum Gasteiger partial charge on any atom is 0.268 e. The molecule has 0 aliphatic carbocycles. The van der Waals surface area contributed by atoms with E-state index in [0.29, 0.717) is 17.9 Å². The minimum Gasteiger partial charge on any atom is -0.495 e. The third kappa shape index (κ3) is 4.01. The van der Waals surface area contributed by atoms with Gasteiger partial charge in [0.25, 0.3) is 15.9 Å². The lowest BCUT2D eigenvalue weighted by Gasteiger charge is -2.31. The molecule has 0 bridgehead atoms. The lowest BCUT2D eigenvalue weighted by atomic mass is 10.0. The molecule has 0 unspecified atom stereocenters. The minimum atomic E-state index is -3.93. The van der Waals surface area contributed by atoms with E-state index in [9.17, 15) is 13.2 Å². The van der Waals surface area contributed by atoms with Gasteiger partial charge in [0.1, 0.15) is 10.6 Å². The number of carbonyl (C=O) groups excluding carboxylic acids is 1. The number of fused-ring (bicyclic) bond motifs is 1. The zero-order valence-electron chi connectivity index (χ0n) is 17.5. The Balaban J connectivity index is 1.73. The van der Waals surface area contributed by atoms with E-state index in [4.69, 9.17) is 4.74 Å². The van der Waals surface area contributed by atoms with Crippen LogP contribution in [-0.4, -0.2) is 28.0 Å². The maximum atomic E-state index is 13.6. The van der Waals surface area contributed by atoms with Crippen molar-refractivity contribution in [3.05, 3.63) is 83.4 Å². The standard InChI is InChI=1S/C24H24N2O4S/c1-17-8-3-5-11-20(17)25-24(27)19-13-14-22(30-2)23(16-19)31(28,29)26-15-7-10-18-9-4-6-12-21(18)26/h3-6,8-9,11-14,16H,7,10,15H2,1-2H3,(H,25,27). The van der Waals surface area contributed by atoms with Gasteiger partial charge in [-0.1, -0.05) is 36.4 Å². The summed E-state index contributed by atoms with van der Waals surface area (Å²) in [4.78, 5) is 12.8. The van der Waals surface area contributed by atoms with Crippen LogP contribution in [0.1, 0.15) is 27.9 Å². The van der Waals surface area contributed by atoms with Crippen molar-refractivity contribution in [2.24, 2.45) is 0 Å². The van der Waals surface area contributed by atoms with Crippen LogP contribution in [0.25, 0.3) is 0 Å². The zero-order valence-corrected chi connectivity index (χ0v) is 18.3. The lowest BCUT2D eigenvalue weighted by molar-refractivity contribution is 0.102. The highest BCUT2D eigenvalue weighted by Crippen LogP contribution is 2.35. The molecule has 1 heterocycles. The summed E-state index contributed by atoms with van der Waals surface area (Å²) in [5.41, 5.74) is 3.50. The highest BCUT2D eigenvalue weighted by Gasteiger charge is 2.32. The molecule has 160 valence electrons. The average Bonchev–Trinajstić information content (AvgIpc) is 2.79. The lowest BCUT2D eigenvalue weighted by Crippen LogP contribution is -2.35. The van der Waals surface area contributed by atoms with E-state index in [0.717, 1.165) is 24.0 Å². The molecule has 3 aromatic carbocycles. The van der Waals surface area contributed by atoms with Crippen LogP contribution in [0, 0.1) is 6.92 Å². The van der Waals surface area contributed by atoms with Crippen LogP contribution in [0.15, 0.2) is 71.6 Å². The molecule has 0 spiro atoms. The molecule has 3 aromatic rings. The van der Waals surface area contributed by atoms with Gasteiger partial charge in [0.05, 0.1) is 12.8 Å². The number of amides is 1. The van der Waals surface area contributed by atoms with E-state index < -0.39 is 10.0 Å². The Morgan fingerprint density at radius 1 is 1.03 bits per heavy atom. The van der Waals surface area contributed by atoms with Gasteiger partial charge < -0.3 is 10.1 Å². The number of hydrogen-bond acceptors (Lipinski definition) is 4. The van der Waals surface area contributed by atoms with Crippen molar-refractivity contribution in [3.63, 3.8) is 0 Å². The van der Waals surface area contributed by atoms with Crippen LogP contribution in [0.4, 0.5) is 11.4 Å². The second-order valence-electron chi connectivity index (χ2n) is 7.44. The fourth-order valence-electron chi connectivity index (χ4n) is 3.79. The number of hydrogen-bond donors (Lipinski definition) is 1. The predicted molar refractivity (Wildman–Crippen MR) is 121 cm³/mol. The van der Waals surface area contributed by atoms with Crippen LogP contribution in [0.3, 0.4) is 0 Å². The number of benzene rings is 3. The summed E-state index contributed by atoms with van der Waals surface area (Å²) in [5.74, 6) is -0.178. The van der Waals surface area contributed by atoms with Gasteiger partial charge in [-0.3, -0.25) is 9.10 Å². The van der Waals surface area contributed by atoms with Gasteiger partial charge in [0, 0.05) is 17.8 Å². The highest BCUT2D eigenvalue weighted by atomic mass is 32.2. The number of anilines is 2. The molecule has 0 radical (unpaired) electrons. The number of carbonyl (C=O) groups is 1. The molecule has 0 saturated heterocycles. The van der Waals surface area contributed by atoms with E-state index in [2.05, 4.69) is 5.32 Å². The van der Waals surface area contributed by atoms with Crippen molar-refractivity contribution in [1.29, 1.82) is 0 Å².